The Kier molecular flexibility index (Phi) is 6.98. The molecule has 0 atom stereocenters. The molecule has 0 aromatic heterocycles. The molecule has 0 unspecified atom stereocenters. The second-order valence-electron chi connectivity index (χ2n) is 5.98. The number of carbonyl (C=O) groups is 1. The molecule has 6 nitrogen and oxygen atoms in total. The number of rotatable bonds is 8. The Morgan fingerprint density at radius 1 is 1.04 bits per heavy atom. The fourth-order valence-electron chi connectivity index (χ4n) is 2.72. The van der Waals surface area contributed by atoms with Gasteiger partial charge >= 0.3 is 0 Å². The van der Waals surface area contributed by atoms with Gasteiger partial charge in [-0.1, -0.05) is 19.9 Å². The fraction of sp³-hybridized carbons (Fsp3) is 0.350. The van der Waals surface area contributed by atoms with E-state index in [1.807, 2.05) is 6.92 Å². The van der Waals surface area contributed by atoms with E-state index in [2.05, 4.69) is 5.32 Å². The van der Waals surface area contributed by atoms with Crippen molar-refractivity contribution in [2.24, 2.45) is 0 Å². The highest BCUT2D eigenvalue weighted by atomic mass is 32.2. The van der Waals surface area contributed by atoms with Crippen LogP contribution >= 0.6 is 0 Å². The molecule has 0 fully saturated rings. The van der Waals surface area contributed by atoms with Crippen LogP contribution in [-0.2, 0) is 10.0 Å². The molecule has 1 amide bonds. The summed E-state index contributed by atoms with van der Waals surface area (Å²) in [6, 6.07) is 11.7. The smallest absolute Gasteiger partial charge is 0.255 e. The topological polar surface area (TPSA) is 75.7 Å². The first kappa shape index (κ1) is 20.9. The highest BCUT2D eigenvalue weighted by Crippen LogP contribution is 2.21. The van der Waals surface area contributed by atoms with Crippen LogP contribution in [-0.4, -0.2) is 38.3 Å². The third kappa shape index (κ3) is 4.87. The van der Waals surface area contributed by atoms with Crippen LogP contribution in [0.15, 0.2) is 47.4 Å². The molecule has 1 N–H and O–H groups in total. The summed E-state index contributed by atoms with van der Waals surface area (Å²) in [7, 11) is -3.62. The number of carbonyl (C=O) groups excluding carboxylic acids is 1. The number of hydrogen-bond donors (Lipinski definition) is 1. The highest BCUT2D eigenvalue weighted by molar-refractivity contribution is 7.89. The molecule has 2 rings (SSSR count). The summed E-state index contributed by atoms with van der Waals surface area (Å²) in [5.74, 6) is 0.368. The predicted octanol–water partition coefficient (Wildman–Crippen LogP) is 3.68. The fourth-order valence-corrected chi connectivity index (χ4v) is 4.20. The average Bonchev–Trinajstić information content (AvgIpc) is 2.64. The van der Waals surface area contributed by atoms with Gasteiger partial charge in [0.1, 0.15) is 5.75 Å². The van der Waals surface area contributed by atoms with Crippen molar-refractivity contribution in [2.75, 3.05) is 25.0 Å². The maximum absolute atomic E-state index is 12.7. The van der Waals surface area contributed by atoms with Crippen LogP contribution in [0.25, 0.3) is 0 Å². The summed E-state index contributed by atoms with van der Waals surface area (Å²) in [6.45, 7) is 8.57. The second kappa shape index (κ2) is 9.01. The lowest BCUT2D eigenvalue weighted by Gasteiger charge is -2.19. The SMILES string of the molecule is CCOc1ccc(NC(=O)c2cc(S(=O)(=O)N(CC)CC)ccc2C)cc1. The zero-order chi connectivity index (χ0) is 20.0. The molecule has 0 bridgehead atoms. The number of nitrogens with one attached hydrogen (secondary N) is 1. The molecule has 0 aliphatic rings. The van der Waals surface area contributed by atoms with Crippen LogP contribution < -0.4 is 10.1 Å². The van der Waals surface area contributed by atoms with E-state index in [-0.39, 0.29) is 10.8 Å². The van der Waals surface area contributed by atoms with Crippen LogP contribution in [0.3, 0.4) is 0 Å². The molecule has 146 valence electrons. The first-order valence-corrected chi connectivity index (χ1v) is 10.4. The van der Waals surface area contributed by atoms with Crippen LogP contribution in [0.1, 0.15) is 36.7 Å². The van der Waals surface area contributed by atoms with Gasteiger partial charge < -0.3 is 10.1 Å². The zero-order valence-corrected chi connectivity index (χ0v) is 17.0. The summed E-state index contributed by atoms with van der Waals surface area (Å²) in [5, 5.41) is 2.80. The number of nitrogens with zero attached hydrogens (tertiary/aromatic N) is 1. The molecule has 0 radical (unpaired) electrons. The van der Waals surface area contributed by atoms with Gasteiger partial charge in [-0.3, -0.25) is 4.79 Å². The lowest BCUT2D eigenvalue weighted by Crippen LogP contribution is -2.30. The Bertz CT molecular complexity index is 889. The van der Waals surface area contributed by atoms with E-state index in [1.165, 1.54) is 16.4 Å². The van der Waals surface area contributed by atoms with E-state index in [0.717, 1.165) is 5.75 Å². The first-order chi connectivity index (χ1) is 12.8. The van der Waals surface area contributed by atoms with Gasteiger partial charge in [-0.05, 0) is 55.8 Å². The molecule has 0 spiro atoms. The monoisotopic (exact) mass is 390 g/mol. The van der Waals surface area contributed by atoms with Gasteiger partial charge in [0, 0.05) is 24.3 Å². The van der Waals surface area contributed by atoms with Gasteiger partial charge in [0.2, 0.25) is 10.0 Å². The Hall–Kier alpha value is -2.38. The molecule has 0 heterocycles. The van der Waals surface area contributed by atoms with Crippen molar-refractivity contribution < 1.29 is 17.9 Å². The molecule has 0 saturated carbocycles. The molecular weight excluding hydrogens is 364 g/mol. The van der Waals surface area contributed by atoms with Crippen LogP contribution in [0, 0.1) is 6.92 Å². The van der Waals surface area contributed by atoms with Crippen LogP contribution in [0.4, 0.5) is 5.69 Å². The van der Waals surface area contributed by atoms with Gasteiger partial charge in [-0.2, -0.15) is 4.31 Å². The van der Waals surface area contributed by atoms with Crippen molar-refractivity contribution in [1.82, 2.24) is 4.31 Å². The van der Waals surface area contributed by atoms with Gasteiger partial charge in [0.05, 0.1) is 11.5 Å². The highest BCUT2D eigenvalue weighted by Gasteiger charge is 2.23. The van der Waals surface area contributed by atoms with Crippen molar-refractivity contribution in [1.29, 1.82) is 0 Å². The van der Waals surface area contributed by atoms with E-state index in [9.17, 15) is 13.2 Å². The van der Waals surface area contributed by atoms with Gasteiger partial charge in [0.25, 0.3) is 5.91 Å². The second-order valence-corrected chi connectivity index (χ2v) is 7.92. The van der Waals surface area contributed by atoms with Crippen molar-refractivity contribution in [3.05, 3.63) is 53.6 Å². The van der Waals surface area contributed by atoms with Gasteiger partial charge in [-0.15, -0.1) is 0 Å². The van der Waals surface area contributed by atoms with Crippen LogP contribution in [0.5, 0.6) is 5.75 Å². The average molecular weight is 391 g/mol. The van der Waals surface area contributed by atoms with Crippen molar-refractivity contribution in [3.63, 3.8) is 0 Å². The van der Waals surface area contributed by atoms with Crippen molar-refractivity contribution in [3.8, 4) is 5.75 Å². The van der Waals surface area contributed by atoms with Gasteiger partial charge in [-0.25, -0.2) is 8.42 Å². The minimum absolute atomic E-state index is 0.119. The lowest BCUT2D eigenvalue weighted by molar-refractivity contribution is 0.102. The minimum Gasteiger partial charge on any atom is -0.494 e. The third-order valence-corrected chi connectivity index (χ3v) is 6.27. The number of aryl methyl sites for hydroxylation is 1. The minimum atomic E-state index is -3.62. The third-order valence-electron chi connectivity index (χ3n) is 4.22. The number of benzene rings is 2. The predicted molar refractivity (Wildman–Crippen MR) is 107 cm³/mol. The molecule has 0 saturated heterocycles. The Morgan fingerprint density at radius 3 is 2.22 bits per heavy atom. The molecule has 0 aliphatic carbocycles. The molecule has 2 aromatic carbocycles. The molecular formula is C20H26N2O4S. The maximum atomic E-state index is 12.7. The Morgan fingerprint density at radius 2 is 1.67 bits per heavy atom. The Balaban J connectivity index is 2.28. The van der Waals surface area contributed by atoms with Crippen molar-refractivity contribution in [2.45, 2.75) is 32.6 Å². The quantitative estimate of drug-likeness (QED) is 0.746. The van der Waals surface area contributed by atoms with E-state index in [4.69, 9.17) is 4.74 Å². The number of amides is 1. The number of hydrogen-bond acceptors (Lipinski definition) is 4. The summed E-state index contributed by atoms with van der Waals surface area (Å²) in [5.41, 5.74) is 1.65. The van der Waals surface area contributed by atoms with E-state index < -0.39 is 10.0 Å². The number of anilines is 1. The summed E-state index contributed by atoms with van der Waals surface area (Å²) < 4.78 is 32.2. The zero-order valence-electron chi connectivity index (χ0n) is 16.2. The summed E-state index contributed by atoms with van der Waals surface area (Å²) in [4.78, 5) is 12.8. The van der Waals surface area contributed by atoms with Crippen LogP contribution in [0.2, 0.25) is 0 Å². The standard InChI is InChI=1S/C20H26N2O4S/c1-5-22(6-2)27(24,25)18-13-8-15(4)19(14-18)20(23)21-16-9-11-17(12-10-16)26-7-3/h8-14H,5-7H2,1-4H3,(H,21,23). The first-order valence-electron chi connectivity index (χ1n) is 8.98. The lowest BCUT2D eigenvalue weighted by atomic mass is 10.1. The van der Waals surface area contributed by atoms with Crippen molar-refractivity contribution >= 4 is 21.6 Å². The Labute approximate surface area is 161 Å². The largest absolute Gasteiger partial charge is 0.494 e. The van der Waals surface area contributed by atoms with E-state index in [0.29, 0.717) is 36.5 Å². The summed E-state index contributed by atoms with van der Waals surface area (Å²) in [6.07, 6.45) is 0. The molecule has 27 heavy (non-hydrogen) atoms. The normalized spacial score (nSPS) is 11.4. The number of sulfonamides is 1. The molecule has 0 aliphatic heterocycles. The van der Waals surface area contributed by atoms with E-state index in [1.54, 1.807) is 51.1 Å². The number of ether oxygens (including phenoxy) is 1. The molecule has 7 heteroatoms. The molecule has 2 aromatic rings. The summed E-state index contributed by atoms with van der Waals surface area (Å²) >= 11 is 0. The van der Waals surface area contributed by atoms with Gasteiger partial charge in [0.15, 0.2) is 0 Å². The maximum Gasteiger partial charge on any atom is 0.255 e. The van der Waals surface area contributed by atoms with E-state index >= 15 is 0 Å².